The predicted octanol–water partition coefficient (Wildman–Crippen LogP) is 5.69. The van der Waals surface area contributed by atoms with Gasteiger partial charge in [0.15, 0.2) is 0 Å². The topological polar surface area (TPSA) is 72.6 Å². The molecule has 0 spiro atoms. The Bertz CT molecular complexity index is 872. The van der Waals surface area contributed by atoms with Crippen LogP contribution in [0.25, 0.3) is 22.7 Å². The smallest absolute Gasteiger partial charge is 0.303 e. The lowest BCUT2D eigenvalue weighted by molar-refractivity contribution is -0.137. The fourth-order valence-electron chi connectivity index (χ4n) is 2.60. The maximum Gasteiger partial charge on any atom is 0.303 e. The second kappa shape index (κ2) is 9.24. The van der Waals surface area contributed by atoms with E-state index >= 15 is 0 Å². The molecule has 0 saturated carbocycles. The first-order valence-electron chi connectivity index (χ1n) is 8.78. The van der Waals surface area contributed by atoms with Gasteiger partial charge in [-0.25, -0.2) is 4.98 Å². The van der Waals surface area contributed by atoms with Crippen LogP contribution < -0.4 is 4.74 Å². The van der Waals surface area contributed by atoms with Crippen molar-refractivity contribution in [2.75, 3.05) is 6.61 Å². The lowest BCUT2D eigenvalue weighted by Crippen LogP contribution is -1.99. The molecule has 0 fully saturated rings. The van der Waals surface area contributed by atoms with E-state index in [0.717, 1.165) is 35.4 Å². The normalized spacial score (nSPS) is 10.7. The molecule has 2 aromatic carbocycles. The summed E-state index contributed by atoms with van der Waals surface area (Å²) in [5, 5.41) is 9.28. The van der Waals surface area contributed by atoms with Crippen molar-refractivity contribution < 1.29 is 19.1 Å². The number of carboxylic acid groups (broad SMARTS) is 1. The quantitative estimate of drug-likeness (QED) is 0.479. The number of aliphatic carboxylic acids is 1. The molecule has 0 amide bonds. The first-order valence-corrected chi connectivity index (χ1v) is 9.16. The van der Waals surface area contributed by atoms with Crippen molar-refractivity contribution in [1.82, 2.24) is 4.98 Å². The number of hydrogen-bond donors (Lipinski definition) is 1. The fourth-order valence-corrected chi connectivity index (χ4v) is 2.72. The largest absolute Gasteiger partial charge is 0.494 e. The molecule has 1 aromatic heterocycles. The van der Waals surface area contributed by atoms with Gasteiger partial charge in [0.25, 0.3) is 0 Å². The molecule has 3 aromatic rings. The van der Waals surface area contributed by atoms with Crippen LogP contribution in [0.15, 0.2) is 59.2 Å². The summed E-state index contributed by atoms with van der Waals surface area (Å²) in [6.07, 6.45) is 4.19. The number of benzene rings is 2. The summed E-state index contributed by atoms with van der Waals surface area (Å²) in [4.78, 5) is 15.0. The highest BCUT2D eigenvalue weighted by Gasteiger charge is 2.09. The van der Waals surface area contributed by atoms with Crippen LogP contribution in [0, 0.1) is 0 Å². The molecule has 5 nitrogen and oxygen atoms in total. The molecule has 0 saturated heterocycles. The van der Waals surface area contributed by atoms with E-state index in [-0.39, 0.29) is 6.42 Å². The van der Waals surface area contributed by atoms with Crippen molar-refractivity contribution in [3.8, 4) is 28.5 Å². The summed E-state index contributed by atoms with van der Waals surface area (Å²) < 4.78 is 11.3. The van der Waals surface area contributed by atoms with E-state index in [1.807, 2.05) is 48.5 Å². The Kier molecular flexibility index (Phi) is 6.49. The summed E-state index contributed by atoms with van der Waals surface area (Å²) in [6.45, 7) is 0.568. The minimum atomic E-state index is -0.753. The molecule has 0 aliphatic rings. The van der Waals surface area contributed by atoms with Crippen LogP contribution in [0.5, 0.6) is 5.75 Å². The van der Waals surface area contributed by atoms with Gasteiger partial charge in [0.2, 0.25) is 5.89 Å². The number of oxazole rings is 1. The van der Waals surface area contributed by atoms with Crippen LogP contribution in [-0.4, -0.2) is 22.7 Å². The van der Waals surface area contributed by atoms with Gasteiger partial charge in [0, 0.05) is 22.6 Å². The summed E-state index contributed by atoms with van der Waals surface area (Å²) in [5.74, 6) is 0.555. The number of ether oxygens (including phenoxy) is 1. The van der Waals surface area contributed by atoms with Gasteiger partial charge in [0.1, 0.15) is 17.7 Å². The maximum atomic E-state index is 10.4. The zero-order valence-corrected chi connectivity index (χ0v) is 15.5. The Labute approximate surface area is 162 Å². The third-order valence-corrected chi connectivity index (χ3v) is 4.30. The molecule has 0 radical (unpaired) electrons. The number of carbonyl (C=O) groups is 1. The number of nitrogens with zero attached hydrogens (tertiary/aromatic N) is 1. The Morgan fingerprint density at radius 3 is 2.41 bits per heavy atom. The van der Waals surface area contributed by atoms with Crippen molar-refractivity contribution >= 4 is 17.6 Å². The first-order chi connectivity index (χ1) is 13.1. The molecule has 140 valence electrons. The molecule has 27 heavy (non-hydrogen) atoms. The van der Waals surface area contributed by atoms with Crippen molar-refractivity contribution in [2.24, 2.45) is 0 Å². The van der Waals surface area contributed by atoms with Crippen molar-refractivity contribution in [1.29, 1.82) is 0 Å². The van der Waals surface area contributed by atoms with Crippen LogP contribution >= 0.6 is 11.6 Å². The average Bonchev–Trinajstić information content (AvgIpc) is 3.15. The lowest BCUT2D eigenvalue weighted by atomic mass is 10.2. The molecule has 0 atom stereocenters. The van der Waals surface area contributed by atoms with Crippen LogP contribution in [0.2, 0.25) is 5.02 Å². The monoisotopic (exact) mass is 385 g/mol. The number of carboxylic acids is 1. The number of halogens is 1. The summed E-state index contributed by atoms with van der Waals surface area (Å²) in [5.41, 5.74) is 2.56. The van der Waals surface area contributed by atoms with Gasteiger partial charge in [0.05, 0.1) is 6.61 Å². The molecule has 3 rings (SSSR count). The van der Waals surface area contributed by atoms with E-state index in [1.165, 1.54) is 0 Å². The van der Waals surface area contributed by atoms with Gasteiger partial charge < -0.3 is 14.3 Å². The molecular weight excluding hydrogens is 366 g/mol. The maximum absolute atomic E-state index is 10.4. The third-order valence-electron chi connectivity index (χ3n) is 4.05. The number of hydrogen-bond acceptors (Lipinski definition) is 4. The van der Waals surface area contributed by atoms with E-state index in [9.17, 15) is 4.79 Å². The molecule has 0 aliphatic carbocycles. The van der Waals surface area contributed by atoms with E-state index in [4.69, 9.17) is 25.9 Å². The molecular formula is C21H20ClNO4. The van der Waals surface area contributed by atoms with Crippen molar-refractivity contribution in [3.05, 3.63) is 59.8 Å². The number of aromatic nitrogens is 1. The Morgan fingerprint density at radius 2 is 1.70 bits per heavy atom. The zero-order valence-electron chi connectivity index (χ0n) is 14.7. The second-order valence-electron chi connectivity index (χ2n) is 6.12. The van der Waals surface area contributed by atoms with Crippen LogP contribution in [0.3, 0.4) is 0 Å². The molecule has 1 N–H and O–H groups in total. The van der Waals surface area contributed by atoms with Gasteiger partial charge in [-0.2, -0.15) is 0 Å². The third kappa shape index (κ3) is 5.59. The van der Waals surface area contributed by atoms with Gasteiger partial charge in [-0.15, -0.1) is 0 Å². The standard InChI is InChI=1S/C21H20ClNO4/c22-17-9-5-15(6-10-17)19-14-27-21(23-19)16-7-11-18(12-8-16)26-13-3-1-2-4-20(24)25/h5-12,14H,1-4,13H2,(H,24,25). The highest BCUT2D eigenvalue weighted by atomic mass is 35.5. The molecule has 0 bridgehead atoms. The molecule has 0 aliphatic heterocycles. The van der Waals surface area contributed by atoms with E-state index < -0.39 is 5.97 Å². The fraction of sp³-hybridized carbons (Fsp3) is 0.238. The summed E-state index contributed by atoms with van der Waals surface area (Å²) in [7, 11) is 0. The zero-order chi connectivity index (χ0) is 19.1. The Balaban J connectivity index is 1.53. The number of unbranched alkanes of at least 4 members (excludes halogenated alkanes) is 2. The SMILES string of the molecule is O=C(O)CCCCCOc1ccc(-c2nc(-c3ccc(Cl)cc3)co2)cc1. The van der Waals surface area contributed by atoms with Gasteiger partial charge in [-0.05, 0) is 55.7 Å². The van der Waals surface area contributed by atoms with Crippen molar-refractivity contribution in [2.45, 2.75) is 25.7 Å². The minimum Gasteiger partial charge on any atom is -0.494 e. The molecule has 1 heterocycles. The van der Waals surface area contributed by atoms with E-state index in [2.05, 4.69) is 4.98 Å². The summed E-state index contributed by atoms with van der Waals surface area (Å²) >= 11 is 5.91. The van der Waals surface area contributed by atoms with Gasteiger partial charge in [-0.3, -0.25) is 4.79 Å². The first kappa shape index (κ1) is 19.0. The van der Waals surface area contributed by atoms with Gasteiger partial charge in [-0.1, -0.05) is 23.7 Å². The number of rotatable bonds is 9. The van der Waals surface area contributed by atoms with Crippen LogP contribution in [0.4, 0.5) is 0 Å². The summed E-state index contributed by atoms with van der Waals surface area (Å²) in [6, 6.07) is 15.0. The van der Waals surface area contributed by atoms with Gasteiger partial charge >= 0.3 is 5.97 Å². The molecule has 0 unspecified atom stereocenters. The average molecular weight is 386 g/mol. The molecule has 6 heteroatoms. The highest BCUT2D eigenvalue weighted by Crippen LogP contribution is 2.27. The van der Waals surface area contributed by atoms with Crippen LogP contribution in [-0.2, 0) is 4.79 Å². The van der Waals surface area contributed by atoms with Crippen molar-refractivity contribution in [3.63, 3.8) is 0 Å². The minimum absolute atomic E-state index is 0.211. The van der Waals surface area contributed by atoms with Crippen LogP contribution in [0.1, 0.15) is 25.7 Å². The van der Waals surface area contributed by atoms with E-state index in [1.54, 1.807) is 6.26 Å². The lowest BCUT2D eigenvalue weighted by Gasteiger charge is -2.06. The second-order valence-corrected chi connectivity index (χ2v) is 6.56. The Hall–Kier alpha value is -2.79. The van der Waals surface area contributed by atoms with E-state index in [0.29, 0.717) is 23.9 Å². The highest BCUT2D eigenvalue weighted by molar-refractivity contribution is 6.30. The predicted molar refractivity (Wildman–Crippen MR) is 104 cm³/mol. The Morgan fingerprint density at radius 1 is 1.00 bits per heavy atom.